The van der Waals surface area contributed by atoms with Gasteiger partial charge in [0.25, 0.3) is 0 Å². The maximum Gasteiger partial charge on any atom is 0.145 e. The van der Waals surface area contributed by atoms with E-state index < -0.39 is 0 Å². The minimum atomic E-state index is -0.0849. The quantitative estimate of drug-likeness (QED) is 0.149. The van der Waals surface area contributed by atoms with Crippen LogP contribution in [0.1, 0.15) is 25.0 Å². The van der Waals surface area contributed by atoms with Crippen LogP contribution in [-0.2, 0) is 5.41 Å². The second-order valence-corrected chi connectivity index (χ2v) is 17.9. The van der Waals surface area contributed by atoms with Gasteiger partial charge in [-0.2, -0.15) is 0 Å². The lowest BCUT2D eigenvalue weighted by molar-refractivity contribution is 0.660. The van der Waals surface area contributed by atoms with Crippen LogP contribution < -0.4 is 4.90 Å². The fourth-order valence-corrected chi connectivity index (χ4v) is 10.8. The third-order valence-electron chi connectivity index (χ3n) is 14.0. The van der Waals surface area contributed by atoms with Crippen molar-refractivity contribution in [2.75, 3.05) is 4.90 Å². The van der Waals surface area contributed by atoms with Gasteiger partial charge in [0.2, 0.25) is 0 Å². The first-order valence-electron chi connectivity index (χ1n) is 22.5. The summed E-state index contributed by atoms with van der Waals surface area (Å²) in [5.74, 6) is 0.936. The summed E-state index contributed by atoms with van der Waals surface area (Å²) in [5, 5.41) is 7.65. The van der Waals surface area contributed by atoms with Gasteiger partial charge in [-0.05, 0) is 137 Å². The van der Waals surface area contributed by atoms with E-state index in [2.05, 4.69) is 248 Å². The summed E-state index contributed by atoms with van der Waals surface area (Å²) >= 11 is 0. The Kier molecular flexibility index (Phi) is 8.25. The fraction of sp³-hybridized carbons (Fsp3) is 0.0484. The van der Waals surface area contributed by atoms with Crippen molar-refractivity contribution in [3.63, 3.8) is 0 Å². The maximum absolute atomic E-state index is 5.12. The maximum atomic E-state index is 5.12. The van der Waals surface area contributed by atoms with Gasteiger partial charge in [0.1, 0.15) is 5.82 Å². The minimum Gasteiger partial charge on any atom is -0.310 e. The molecule has 0 radical (unpaired) electrons. The van der Waals surface area contributed by atoms with Gasteiger partial charge in [-0.3, -0.25) is 4.57 Å². The number of hydrogen-bond acceptors (Lipinski definition) is 2. The van der Waals surface area contributed by atoms with Crippen LogP contribution >= 0.6 is 0 Å². The van der Waals surface area contributed by atoms with Crippen LogP contribution in [0.5, 0.6) is 0 Å². The molecule has 13 rings (SSSR count). The predicted octanol–water partition coefficient (Wildman–Crippen LogP) is 16.7. The van der Waals surface area contributed by atoms with Crippen molar-refractivity contribution in [2.24, 2.45) is 0 Å². The summed E-state index contributed by atoms with van der Waals surface area (Å²) in [6, 6.07) is 82.0. The first-order chi connectivity index (χ1) is 32.0. The van der Waals surface area contributed by atoms with Crippen LogP contribution in [0, 0.1) is 0 Å². The number of fused-ring (bicyclic) bond motifs is 4. The molecule has 0 N–H and O–H groups in total. The highest BCUT2D eigenvalue weighted by molar-refractivity contribution is 6.27. The van der Waals surface area contributed by atoms with Gasteiger partial charge < -0.3 is 4.90 Å². The number of aromatic nitrogens is 2. The highest BCUT2D eigenvalue weighted by atomic mass is 15.1. The van der Waals surface area contributed by atoms with E-state index in [4.69, 9.17) is 4.98 Å². The van der Waals surface area contributed by atoms with Crippen molar-refractivity contribution in [1.29, 1.82) is 0 Å². The van der Waals surface area contributed by atoms with Crippen LogP contribution in [0.3, 0.4) is 0 Å². The molecule has 65 heavy (non-hydrogen) atoms. The first kappa shape index (κ1) is 37.3. The molecule has 3 nitrogen and oxygen atoms in total. The van der Waals surface area contributed by atoms with E-state index in [-0.39, 0.29) is 5.41 Å². The third kappa shape index (κ3) is 5.79. The molecule has 12 aromatic rings. The molecular weight excluding hydrogens is 787 g/mol. The zero-order chi connectivity index (χ0) is 43.2. The van der Waals surface area contributed by atoms with Gasteiger partial charge in [-0.25, -0.2) is 4.98 Å². The molecule has 0 amide bonds. The van der Waals surface area contributed by atoms with Crippen LogP contribution in [0.2, 0.25) is 0 Å². The van der Waals surface area contributed by atoms with Crippen LogP contribution in [-0.4, -0.2) is 9.55 Å². The highest BCUT2D eigenvalue weighted by Crippen LogP contribution is 2.51. The van der Waals surface area contributed by atoms with Crippen LogP contribution in [0.25, 0.3) is 93.8 Å². The Morgan fingerprint density at radius 3 is 1.60 bits per heavy atom. The Hall–Kier alpha value is -8.27. The largest absolute Gasteiger partial charge is 0.310 e. The molecule has 0 saturated carbocycles. The molecule has 1 heterocycles. The zero-order valence-electron chi connectivity index (χ0n) is 36.2. The fourth-order valence-electron chi connectivity index (χ4n) is 10.8. The van der Waals surface area contributed by atoms with E-state index in [0.29, 0.717) is 0 Å². The predicted molar refractivity (Wildman–Crippen MR) is 273 cm³/mol. The topological polar surface area (TPSA) is 21.1 Å². The van der Waals surface area contributed by atoms with E-state index in [1.165, 1.54) is 76.8 Å². The van der Waals surface area contributed by atoms with E-state index in [0.717, 1.165) is 45.2 Å². The van der Waals surface area contributed by atoms with Crippen molar-refractivity contribution >= 4 is 60.4 Å². The van der Waals surface area contributed by atoms with Crippen LogP contribution in [0.4, 0.5) is 17.1 Å². The summed E-state index contributed by atoms with van der Waals surface area (Å²) in [4.78, 5) is 7.51. The molecule has 3 heteroatoms. The zero-order valence-corrected chi connectivity index (χ0v) is 36.2. The van der Waals surface area contributed by atoms with E-state index in [1.54, 1.807) is 0 Å². The number of imidazole rings is 1. The molecular formula is C62H43N3. The summed E-state index contributed by atoms with van der Waals surface area (Å²) in [7, 11) is 0. The van der Waals surface area contributed by atoms with Gasteiger partial charge in [0.15, 0.2) is 0 Å². The van der Waals surface area contributed by atoms with Crippen molar-refractivity contribution in [3.05, 3.63) is 236 Å². The average molecular weight is 830 g/mol. The second kappa shape index (κ2) is 14.4. The molecule has 0 aliphatic heterocycles. The lowest BCUT2D eigenvalue weighted by Gasteiger charge is -2.28. The molecule has 1 aromatic heterocycles. The lowest BCUT2D eigenvalue weighted by Crippen LogP contribution is -2.16. The van der Waals surface area contributed by atoms with Gasteiger partial charge in [-0.15, -0.1) is 0 Å². The number of hydrogen-bond donors (Lipinski definition) is 0. The monoisotopic (exact) mass is 829 g/mol. The number of para-hydroxylation sites is 4. The van der Waals surface area contributed by atoms with Gasteiger partial charge in [0.05, 0.1) is 11.0 Å². The van der Waals surface area contributed by atoms with Gasteiger partial charge >= 0.3 is 0 Å². The van der Waals surface area contributed by atoms with Crippen LogP contribution in [0.15, 0.2) is 224 Å². The normalized spacial score (nSPS) is 12.9. The molecule has 11 aromatic carbocycles. The minimum absolute atomic E-state index is 0.0849. The van der Waals surface area contributed by atoms with E-state index in [1.807, 2.05) is 0 Å². The number of nitrogens with zero attached hydrogens (tertiary/aromatic N) is 3. The molecule has 306 valence electrons. The lowest BCUT2D eigenvalue weighted by atomic mass is 9.82. The smallest absolute Gasteiger partial charge is 0.145 e. The molecule has 0 unspecified atom stereocenters. The molecule has 0 fully saturated rings. The molecule has 0 saturated heterocycles. The third-order valence-corrected chi connectivity index (χ3v) is 14.0. The standard InChI is InChI=1S/C62H43N3/c1-62(2)55-18-10-9-17-51(55)52-38-33-48(39-56(52)62)64(45-13-5-3-6-14-45)47-31-25-41(26-32-47)50-35-28-43-29-36-53-49(34-27-42-30-37-54(50)60(43)59(42)53)40-21-23-44(24-22-40)61-63-57-19-11-12-20-58(57)65(61)46-15-7-4-8-16-46/h3-39H,1-2H3. The van der Waals surface area contributed by atoms with Crippen molar-refractivity contribution in [1.82, 2.24) is 9.55 Å². The van der Waals surface area contributed by atoms with Crippen molar-refractivity contribution < 1.29 is 0 Å². The molecule has 0 atom stereocenters. The SMILES string of the molecule is CC1(C)c2ccccc2-c2ccc(N(c3ccccc3)c3ccc(-c4ccc5ccc6c(-c7ccc(-c8nc9ccccc9n8-c8ccccc8)cc7)ccc7ccc4c5c76)cc3)cc21. The van der Waals surface area contributed by atoms with Gasteiger partial charge in [-0.1, -0.05) is 178 Å². The number of anilines is 3. The summed E-state index contributed by atoms with van der Waals surface area (Å²) in [6.45, 7) is 4.70. The number of benzene rings is 11. The summed E-state index contributed by atoms with van der Waals surface area (Å²) < 4.78 is 2.26. The Labute approximate surface area is 378 Å². The molecule has 0 spiro atoms. The van der Waals surface area contributed by atoms with E-state index >= 15 is 0 Å². The molecule has 1 aliphatic rings. The Balaban J connectivity index is 0.879. The molecule has 1 aliphatic carbocycles. The second-order valence-electron chi connectivity index (χ2n) is 17.9. The Bertz CT molecular complexity index is 3770. The van der Waals surface area contributed by atoms with Crippen molar-refractivity contribution in [3.8, 4) is 50.5 Å². The number of rotatable bonds is 7. The summed E-state index contributed by atoms with van der Waals surface area (Å²) in [6.07, 6.45) is 0. The van der Waals surface area contributed by atoms with Crippen molar-refractivity contribution in [2.45, 2.75) is 19.3 Å². The average Bonchev–Trinajstić information content (AvgIpc) is 3.86. The van der Waals surface area contributed by atoms with E-state index in [9.17, 15) is 0 Å². The Morgan fingerprint density at radius 2 is 0.908 bits per heavy atom. The first-order valence-corrected chi connectivity index (χ1v) is 22.5. The Morgan fingerprint density at radius 1 is 0.400 bits per heavy atom. The molecule has 0 bridgehead atoms. The van der Waals surface area contributed by atoms with Gasteiger partial charge in [0, 0.05) is 33.7 Å². The highest BCUT2D eigenvalue weighted by Gasteiger charge is 2.35. The summed E-state index contributed by atoms with van der Waals surface area (Å²) in [5.41, 5.74) is 17.8.